The molecule has 0 aromatic heterocycles. The van der Waals surface area contributed by atoms with Crippen LogP contribution < -0.4 is 5.32 Å². The van der Waals surface area contributed by atoms with Gasteiger partial charge in [0.1, 0.15) is 0 Å². The molecule has 0 radical (unpaired) electrons. The Morgan fingerprint density at radius 1 is 1.40 bits per heavy atom. The van der Waals surface area contributed by atoms with Gasteiger partial charge in [0.2, 0.25) is 0 Å². The van der Waals surface area contributed by atoms with E-state index in [0.29, 0.717) is 12.0 Å². The number of nitrogens with one attached hydrogen (secondary N) is 1. The van der Waals surface area contributed by atoms with Crippen LogP contribution in [0.1, 0.15) is 37.8 Å². The first-order valence-corrected chi connectivity index (χ1v) is 8.13. The second kappa shape index (κ2) is 7.44. The quantitative estimate of drug-likeness (QED) is 0.857. The molecule has 0 spiro atoms. The van der Waals surface area contributed by atoms with Crippen LogP contribution >= 0.6 is 11.6 Å². The third-order valence-corrected chi connectivity index (χ3v) is 4.22. The maximum absolute atomic E-state index is 6.38. The SMILES string of the molecule is Cc1ccc(CN(CC(C)C)CC2CCCN2)c(Cl)c1. The molecule has 20 heavy (non-hydrogen) atoms. The lowest BCUT2D eigenvalue weighted by atomic mass is 10.1. The number of rotatable bonds is 6. The summed E-state index contributed by atoms with van der Waals surface area (Å²) in [4.78, 5) is 2.55. The van der Waals surface area contributed by atoms with Crippen LogP contribution in [0.4, 0.5) is 0 Å². The molecular weight excluding hydrogens is 268 g/mol. The van der Waals surface area contributed by atoms with Crippen LogP contribution in [0.25, 0.3) is 0 Å². The van der Waals surface area contributed by atoms with Gasteiger partial charge in [0, 0.05) is 30.7 Å². The molecule has 112 valence electrons. The number of halogens is 1. The summed E-state index contributed by atoms with van der Waals surface area (Å²) in [6.07, 6.45) is 2.61. The van der Waals surface area contributed by atoms with Crippen molar-refractivity contribution < 1.29 is 0 Å². The molecule has 1 unspecified atom stereocenters. The molecule has 1 atom stereocenters. The van der Waals surface area contributed by atoms with Crippen molar-refractivity contribution in [3.63, 3.8) is 0 Å². The highest BCUT2D eigenvalue weighted by atomic mass is 35.5. The molecule has 0 amide bonds. The average Bonchev–Trinajstić information content (AvgIpc) is 2.84. The van der Waals surface area contributed by atoms with Crippen molar-refractivity contribution in [2.45, 2.75) is 46.2 Å². The Morgan fingerprint density at radius 3 is 2.80 bits per heavy atom. The van der Waals surface area contributed by atoms with E-state index < -0.39 is 0 Å². The highest BCUT2D eigenvalue weighted by Crippen LogP contribution is 2.20. The van der Waals surface area contributed by atoms with E-state index in [9.17, 15) is 0 Å². The summed E-state index contributed by atoms with van der Waals surface area (Å²) in [5.41, 5.74) is 2.47. The Kier molecular flexibility index (Phi) is 5.88. The fraction of sp³-hybridized carbons (Fsp3) is 0.647. The summed E-state index contributed by atoms with van der Waals surface area (Å²) in [6.45, 7) is 11.0. The van der Waals surface area contributed by atoms with Crippen molar-refractivity contribution in [1.29, 1.82) is 0 Å². The standard InChI is InChI=1S/C17H27ClN2/c1-13(2)10-20(12-16-5-4-8-19-16)11-15-7-6-14(3)9-17(15)18/h6-7,9,13,16,19H,4-5,8,10-12H2,1-3H3. The predicted molar refractivity (Wildman–Crippen MR) is 87.3 cm³/mol. The summed E-state index contributed by atoms with van der Waals surface area (Å²) in [5, 5.41) is 4.50. The zero-order valence-corrected chi connectivity index (χ0v) is 13.7. The van der Waals surface area contributed by atoms with Crippen LogP contribution in [0.2, 0.25) is 5.02 Å². The predicted octanol–water partition coefficient (Wildman–Crippen LogP) is 3.86. The molecule has 2 nitrogen and oxygen atoms in total. The highest BCUT2D eigenvalue weighted by molar-refractivity contribution is 6.31. The molecular formula is C17H27ClN2. The van der Waals surface area contributed by atoms with E-state index >= 15 is 0 Å². The summed E-state index contributed by atoms with van der Waals surface area (Å²) in [7, 11) is 0. The van der Waals surface area contributed by atoms with Crippen LogP contribution in [0, 0.1) is 12.8 Å². The molecule has 1 heterocycles. The van der Waals surface area contributed by atoms with E-state index in [1.807, 2.05) is 0 Å². The van der Waals surface area contributed by atoms with Crippen LogP contribution in [0.15, 0.2) is 18.2 Å². The largest absolute Gasteiger partial charge is 0.313 e. The summed E-state index contributed by atoms with van der Waals surface area (Å²) in [5.74, 6) is 0.681. The maximum atomic E-state index is 6.38. The van der Waals surface area contributed by atoms with Crippen LogP contribution in [-0.2, 0) is 6.54 Å². The van der Waals surface area contributed by atoms with Crippen LogP contribution in [0.5, 0.6) is 0 Å². The lowest BCUT2D eigenvalue weighted by Crippen LogP contribution is -2.39. The van der Waals surface area contributed by atoms with E-state index in [1.54, 1.807) is 0 Å². The highest BCUT2D eigenvalue weighted by Gasteiger charge is 2.19. The lowest BCUT2D eigenvalue weighted by molar-refractivity contribution is 0.216. The first kappa shape index (κ1) is 15.8. The molecule has 1 aromatic rings. The Labute approximate surface area is 128 Å². The fourth-order valence-corrected chi connectivity index (χ4v) is 3.26. The Balaban J connectivity index is 2.01. The molecule has 1 fully saturated rings. The molecule has 0 saturated carbocycles. The van der Waals surface area contributed by atoms with Crippen molar-refractivity contribution in [3.8, 4) is 0 Å². The topological polar surface area (TPSA) is 15.3 Å². The van der Waals surface area contributed by atoms with Gasteiger partial charge < -0.3 is 5.32 Å². The van der Waals surface area contributed by atoms with E-state index in [2.05, 4.69) is 49.2 Å². The van der Waals surface area contributed by atoms with Crippen molar-refractivity contribution >= 4 is 11.6 Å². The molecule has 2 rings (SSSR count). The molecule has 0 bridgehead atoms. The third kappa shape index (κ3) is 4.76. The van der Waals surface area contributed by atoms with Gasteiger partial charge in [-0.2, -0.15) is 0 Å². The van der Waals surface area contributed by atoms with Gasteiger partial charge in [0.25, 0.3) is 0 Å². The van der Waals surface area contributed by atoms with Crippen molar-refractivity contribution in [2.24, 2.45) is 5.92 Å². The van der Waals surface area contributed by atoms with E-state index in [1.165, 1.54) is 30.5 Å². The van der Waals surface area contributed by atoms with Gasteiger partial charge in [0.15, 0.2) is 0 Å². The lowest BCUT2D eigenvalue weighted by Gasteiger charge is -2.27. The first-order valence-electron chi connectivity index (χ1n) is 7.75. The smallest absolute Gasteiger partial charge is 0.0453 e. The molecule has 3 heteroatoms. The van der Waals surface area contributed by atoms with Crippen LogP contribution in [-0.4, -0.2) is 30.6 Å². The normalized spacial score (nSPS) is 19.2. The molecule has 1 N–H and O–H groups in total. The van der Waals surface area contributed by atoms with Gasteiger partial charge in [-0.15, -0.1) is 0 Å². The van der Waals surface area contributed by atoms with Crippen molar-refractivity contribution in [3.05, 3.63) is 34.3 Å². The number of benzene rings is 1. The number of nitrogens with zero attached hydrogens (tertiary/aromatic N) is 1. The van der Waals surface area contributed by atoms with Crippen LogP contribution in [0.3, 0.4) is 0 Å². The summed E-state index contributed by atoms with van der Waals surface area (Å²) in [6, 6.07) is 7.05. The Hall–Kier alpha value is -0.570. The minimum Gasteiger partial charge on any atom is -0.313 e. The zero-order valence-electron chi connectivity index (χ0n) is 13.0. The maximum Gasteiger partial charge on any atom is 0.0453 e. The Morgan fingerprint density at radius 2 is 2.20 bits per heavy atom. The van der Waals surface area contributed by atoms with E-state index in [-0.39, 0.29) is 0 Å². The van der Waals surface area contributed by atoms with Gasteiger partial charge in [0.05, 0.1) is 0 Å². The second-order valence-corrected chi connectivity index (χ2v) is 6.88. The van der Waals surface area contributed by atoms with Crippen molar-refractivity contribution in [2.75, 3.05) is 19.6 Å². The summed E-state index contributed by atoms with van der Waals surface area (Å²) >= 11 is 6.38. The van der Waals surface area contributed by atoms with Gasteiger partial charge in [-0.3, -0.25) is 4.90 Å². The third-order valence-electron chi connectivity index (χ3n) is 3.87. The minimum absolute atomic E-state index is 0.651. The molecule has 0 aliphatic carbocycles. The Bertz CT molecular complexity index is 425. The molecule has 1 aromatic carbocycles. The monoisotopic (exact) mass is 294 g/mol. The number of hydrogen-bond donors (Lipinski definition) is 1. The van der Waals surface area contributed by atoms with E-state index in [0.717, 1.165) is 24.7 Å². The average molecular weight is 295 g/mol. The molecule has 1 saturated heterocycles. The van der Waals surface area contributed by atoms with Gasteiger partial charge in [-0.05, 0) is 49.4 Å². The van der Waals surface area contributed by atoms with E-state index in [4.69, 9.17) is 11.6 Å². The number of hydrogen-bond acceptors (Lipinski definition) is 2. The number of aryl methyl sites for hydroxylation is 1. The van der Waals surface area contributed by atoms with Gasteiger partial charge in [-0.1, -0.05) is 37.6 Å². The zero-order chi connectivity index (χ0) is 14.5. The van der Waals surface area contributed by atoms with Crippen molar-refractivity contribution in [1.82, 2.24) is 10.2 Å². The second-order valence-electron chi connectivity index (χ2n) is 6.48. The van der Waals surface area contributed by atoms with Gasteiger partial charge >= 0.3 is 0 Å². The molecule has 1 aliphatic heterocycles. The first-order chi connectivity index (χ1) is 9.54. The minimum atomic E-state index is 0.651. The fourth-order valence-electron chi connectivity index (χ4n) is 2.97. The summed E-state index contributed by atoms with van der Waals surface area (Å²) < 4.78 is 0. The molecule has 1 aliphatic rings. The van der Waals surface area contributed by atoms with Gasteiger partial charge in [-0.25, -0.2) is 0 Å².